The van der Waals surface area contributed by atoms with Crippen molar-refractivity contribution < 1.29 is 4.79 Å². The number of nitrogens with zero attached hydrogens (tertiary/aromatic N) is 1. The molecule has 4 nitrogen and oxygen atoms in total. The summed E-state index contributed by atoms with van der Waals surface area (Å²) < 4.78 is 1.12. The average Bonchev–Trinajstić information content (AvgIpc) is 2.44. The predicted molar refractivity (Wildman–Crippen MR) is 91.8 cm³/mol. The first kappa shape index (κ1) is 18.4. The zero-order chi connectivity index (χ0) is 14.4. The van der Waals surface area contributed by atoms with Crippen LogP contribution in [0, 0.1) is 0 Å². The molecule has 2 N–H and O–H groups in total. The molecule has 1 saturated heterocycles. The van der Waals surface area contributed by atoms with Crippen LogP contribution in [0.3, 0.4) is 0 Å². The smallest absolute Gasteiger partial charge is 0.234 e. The Kier molecular flexibility index (Phi) is 8.26. The third-order valence-corrected chi connectivity index (χ3v) is 4.14. The summed E-state index contributed by atoms with van der Waals surface area (Å²) in [4.78, 5) is 14.0. The van der Waals surface area contributed by atoms with Gasteiger partial charge in [0.15, 0.2) is 0 Å². The van der Waals surface area contributed by atoms with Gasteiger partial charge in [0, 0.05) is 30.1 Å². The second kappa shape index (κ2) is 9.41. The minimum absolute atomic E-state index is 0. The highest BCUT2D eigenvalue weighted by atomic mass is 79.9. The zero-order valence-corrected chi connectivity index (χ0v) is 14.7. The predicted octanol–water partition coefficient (Wildman–Crippen LogP) is 2.17. The molecule has 1 amide bonds. The molecule has 0 unspecified atom stereocenters. The van der Waals surface area contributed by atoms with E-state index < -0.39 is 0 Å². The molecule has 6 heteroatoms. The van der Waals surface area contributed by atoms with Crippen molar-refractivity contribution in [2.45, 2.75) is 25.4 Å². The lowest BCUT2D eigenvalue weighted by atomic mass is 10.0. The van der Waals surface area contributed by atoms with Crippen molar-refractivity contribution in [1.82, 2.24) is 15.5 Å². The second-order valence-corrected chi connectivity index (χ2v) is 6.19. The van der Waals surface area contributed by atoms with E-state index in [-0.39, 0.29) is 18.3 Å². The second-order valence-electron chi connectivity index (χ2n) is 5.27. The number of likely N-dealkylation sites (N-methyl/N-ethyl adjacent to an activating group) is 1. The fourth-order valence-electron chi connectivity index (χ4n) is 2.52. The molecular weight excluding hydrogens is 354 g/mol. The van der Waals surface area contributed by atoms with Gasteiger partial charge in [-0.05, 0) is 37.6 Å². The average molecular weight is 377 g/mol. The first-order valence-corrected chi connectivity index (χ1v) is 7.87. The first-order valence-electron chi connectivity index (χ1n) is 7.08. The summed E-state index contributed by atoms with van der Waals surface area (Å²) in [6.07, 6.45) is 2.07. The van der Waals surface area contributed by atoms with Crippen LogP contribution in [0.1, 0.15) is 18.4 Å². The van der Waals surface area contributed by atoms with Crippen LogP contribution in [0.15, 0.2) is 28.7 Å². The van der Waals surface area contributed by atoms with Crippen LogP contribution in [-0.4, -0.2) is 43.5 Å². The van der Waals surface area contributed by atoms with Crippen LogP contribution < -0.4 is 10.6 Å². The number of hydrogen-bond donors (Lipinski definition) is 2. The summed E-state index contributed by atoms with van der Waals surface area (Å²) in [5, 5.41) is 5.95. The molecule has 1 fully saturated rings. The quantitative estimate of drug-likeness (QED) is 0.828. The Morgan fingerprint density at radius 3 is 2.48 bits per heavy atom. The van der Waals surface area contributed by atoms with Crippen molar-refractivity contribution in [1.29, 1.82) is 0 Å². The lowest BCUT2D eigenvalue weighted by Crippen LogP contribution is -2.46. The van der Waals surface area contributed by atoms with E-state index in [1.165, 1.54) is 5.56 Å². The highest BCUT2D eigenvalue weighted by Gasteiger charge is 2.20. The Balaban J connectivity index is 0.00000220. The molecule has 1 aromatic rings. The molecule has 0 saturated carbocycles. The van der Waals surface area contributed by atoms with E-state index in [9.17, 15) is 4.79 Å². The summed E-state index contributed by atoms with van der Waals surface area (Å²) in [5.74, 6) is 0.0962. The number of amides is 1. The van der Waals surface area contributed by atoms with E-state index in [1.807, 2.05) is 0 Å². The minimum Gasteiger partial charge on any atom is -0.352 e. The standard InChI is InChI=1S/C15H22BrN3O.ClH/c1-17-10-15(20)18-14-6-8-19(9-7-14)11-12-2-4-13(16)5-3-12;/h2-5,14,17H,6-11H2,1H3,(H,18,20);1H. The summed E-state index contributed by atoms with van der Waals surface area (Å²) in [7, 11) is 1.79. The molecule has 1 aromatic carbocycles. The van der Waals surface area contributed by atoms with Crippen molar-refractivity contribution in [3.8, 4) is 0 Å². The first-order chi connectivity index (χ1) is 9.67. The van der Waals surface area contributed by atoms with Gasteiger partial charge < -0.3 is 10.6 Å². The number of nitrogens with one attached hydrogen (secondary N) is 2. The van der Waals surface area contributed by atoms with E-state index in [1.54, 1.807) is 7.05 Å². The molecule has 0 aromatic heterocycles. The third kappa shape index (κ3) is 6.34. The fraction of sp³-hybridized carbons (Fsp3) is 0.533. The Morgan fingerprint density at radius 2 is 1.90 bits per heavy atom. The highest BCUT2D eigenvalue weighted by Crippen LogP contribution is 2.16. The molecule has 118 valence electrons. The number of benzene rings is 1. The lowest BCUT2D eigenvalue weighted by Gasteiger charge is -2.32. The van der Waals surface area contributed by atoms with E-state index >= 15 is 0 Å². The number of likely N-dealkylation sites (tertiary alicyclic amines) is 1. The maximum absolute atomic E-state index is 11.5. The van der Waals surface area contributed by atoms with E-state index in [4.69, 9.17) is 0 Å². The fourth-order valence-corrected chi connectivity index (χ4v) is 2.79. The van der Waals surface area contributed by atoms with Crippen LogP contribution in [0.4, 0.5) is 0 Å². The van der Waals surface area contributed by atoms with Crippen LogP contribution in [0.2, 0.25) is 0 Å². The Morgan fingerprint density at radius 1 is 1.29 bits per heavy atom. The van der Waals surface area contributed by atoms with Gasteiger partial charge in [0.2, 0.25) is 5.91 Å². The SMILES string of the molecule is CNCC(=O)NC1CCN(Cc2ccc(Br)cc2)CC1.Cl. The number of carbonyl (C=O) groups is 1. The van der Waals surface area contributed by atoms with Gasteiger partial charge in [0.25, 0.3) is 0 Å². The van der Waals surface area contributed by atoms with Gasteiger partial charge in [0.05, 0.1) is 6.54 Å². The summed E-state index contributed by atoms with van der Waals surface area (Å²) >= 11 is 3.46. The monoisotopic (exact) mass is 375 g/mol. The molecule has 2 rings (SSSR count). The third-order valence-electron chi connectivity index (χ3n) is 3.61. The van der Waals surface area contributed by atoms with Gasteiger partial charge in [-0.15, -0.1) is 12.4 Å². The number of halogens is 2. The molecule has 0 radical (unpaired) electrons. The van der Waals surface area contributed by atoms with Gasteiger partial charge >= 0.3 is 0 Å². The summed E-state index contributed by atoms with van der Waals surface area (Å²) in [5.41, 5.74) is 1.34. The minimum atomic E-state index is 0. The highest BCUT2D eigenvalue weighted by molar-refractivity contribution is 9.10. The maximum Gasteiger partial charge on any atom is 0.234 e. The Hall–Kier alpha value is -0.620. The maximum atomic E-state index is 11.5. The lowest BCUT2D eigenvalue weighted by molar-refractivity contribution is -0.121. The van der Waals surface area contributed by atoms with Crippen LogP contribution >= 0.6 is 28.3 Å². The number of carbonyl (C=O) groups excluding carboxylic acids is 1. The zero-order valence-electron chi connectivity index (χ0n) is 12.3. The Bertz CT molecular complexity index is 433. The molecule has 21 heavy (non-hydrogen) atoms. The molecule has 0 spiro atoms. The number of piperidine rings is 1. The number of hydrogen-bond acceptors (Lipinski definition) is 3. The molecular formula is C15H23BrClN3O. The van der Waals surface area contributed by atoms with Gasteiger partial charge in [-0.2, -0.15) is 0 Å². The summed E-state index contributed by atoms with van der Waals surface area (Å²) in [6.45, 7) is 3.48. The van der Waals surface area contributed by atoms with Crippen LogP contribution in [0.25, 0.3) is 0 Å². The van der Waals surface area contributed by atoms with Crippen molar-refractivity contribution in [2.24, 2.45) is 0 Å². The molecule has 1 aliphatic heterocycles. The van der Waals surface area contributed by atoms with Crippen molar-refractivity contribution in [2.75, 3.05) is 26.7 Å². The van der Waals surface area contributed by atoms with E-state index in [0.717, 1.165) is 36.9 Å². The van der Waals surface area contributed by atoms with Gasteiger partial charge in [-0.3, -0.25) is 9.69 Å². The molecule has 1 aliphatic rings. The molecule has 0 aliphatic carbocycles. The van der Waals surface area contributed by atoms with Crippen molar-refractivity contribution in [3.63, 3.8) is 0 Å². The van der Waals surface area contributed by atoms with Crippen LogP contribution in [0.5, 0.6) is 0 Å². The van der Waals surface area contributed by atoms with E-state index in [0.29, 0.717) is 12.6 Å². The van der Waals surface area contributed by atoms with Crippen molar-refractivity contribution >= 4 is 34.2 Å². The normalized spacial score (nSPS) is 16.3. The largest absolute Gasteiger partial charge is 0.352 e. The molecule has 0 atom stereocenters. The van der Waals surface area contributed by atoms with Gasteiger partial charge in [0.1, 0.15) is 0 Å². The summed E-state index contributed by atoms with van der Waals surface area (Å²) in [6, 6.07) is 8.81. The van der Waals surface area contributed by atoms with Gasteiger partial charge in [-0.1, -0.05) is 28.1 Å². The van der Waals surface area contributed by atoms with Crippen molar-refractivity contribution in [3.05, 3.63) is 34.3 Å². The van der Waals surface area contributed by atoms with Crippen LogP contribution in [-0.2, 0) is 11.3 Å². The Labute approximate surface area is 141 Å². The molecule has 1 heterocycles. The topological polar surface area (TPSA) is 44.4 Å². The van der Waals surface area contributed by atoms with E-state index in [2.05, 4.69) is 55.7 Å². The van der Waals surface area contributed by atoms with Gasteiger partial charge in [-0.25, -0.2) is 0 Å². The molecule has 0 bridgehead atoms. The number of rotatable bonds is 5.